The first kappa shape index (κ1) is 17.3. The van der Waals surface area contributed by atoms with Gasteiger partial charge in [0.15, 0.2) is 6.61 Å². The lowest BCUT2D eigenvalue weighted by Crippen LogP contribution is -2.34. The molecule has 2 aromatic rings. The summed E-state index contributed by atoms with van der Waals surface area (Å²) in [7, 11) is 0. The van der Waals surface area contributed by atoms with Gasteiger partial charge < -0.3 is 15.0 Å². The average molecular weight is 359 g/mol. The number of benzene rings is 2. The summed E-state index contributed by atoms with van der Waals surface area (Å²) in [4.78, 5) is 25.4. The van der Waals surface area contributed by atoms with Gasteiger partial charge in [0.25, 0.3) is 5.91 Å². The molecule has 1 heterocycles. The Morgan fingerprint density at radius 2 is 2.04 bits per heavy atom. The highest BCUT2D eigenvalue weighted by Gasteiger charge is 2.18. The van der Waals surface area contributed by atoms with E-state index in [2.05, 4.69) is 5.32 Å². The van der Waals surface area contributed by atoms with Crippen molar-refractivity contribution in [2.75, 3.05) is 18.5 Å². The fraction of sp³-hybridized carbons (Fsp3) is 0.263. The van der Waals surface area contributed by atoms with E-state index in [1.54, 1.807) is 36.1 Å². The SMILES string of the molecule is CC(=O)N1CCc2ccc(NC(=O)COc3cccc(Cl)c3)cc2C1. The lowest BCUT2D eigenvalue weighted by Gasteiger charge is -2.28. The van der Waals surface area contributed by atoms with Crippen LogP contribution in [-0.2, 0) is 22.6 Å². The summed E-state index contributed by atoms with van der Waals surface area (Å²) in [5.41, 5.74) is 2.98. The van der Waals surface area contributed by atoms with E-state index in [9.17, 15) is 9.59 Å². The maximum Gasteiger partial charge on any atom is 0.262 e. The third-order valence-electron chi connectivity index (χ3n) is 4.11. The summed E-state index contributed by atoms with van der Waals surface area (Å²) in [5, 5.41) is 3.38. The normalized spacial score (nSPS) is 13.1. The van der Waals surface area contributed by atoms with E-state index in [0.717, 1.165) is 18.5 Å². The van der Waals surface area contributed by atoms with Crippen LogP contribution in [-0.4, -0.2) is 29.9 Å². The van der Waals surface area contributed by atoms with Gasteiger partial charge in [-0.3, -0.25) is 9.59 Å². The minimum Gasteiger partial charge on any atom is -0.484 e. The molecule has 0 fully saturated rings. The minimum absolute atomic E-state index is 0.0648. The van der Waals surface area contributed by atoms with Crippen LogP contribution in [0.1, 0.15) is 18.1 Å². The van der Waals surface area contributed by atoms with Crippen molar-refractivity contribution in [1.82, 2.24) is 4.90 Å². The third kappa shape index (κ3) is 4.51. The number of halogens is 1. The van der Waals surface area contributed by atoms with Gasteiger partial charge in [0.2, 0.25) is 5.91 Å². The molecule has 0 spiro atoms. The first-order valence-corrected chi connectivity index (χ1v) is 8.44. The minimum atomic E-state index is -0.251. The summed E-state index contributed by atoms with van der Waals surface area (Å²) in [5.74, 6) is 0.361. The molecule has 0 aromatic heterocycles. The van der Waals surface area contributed by atoms with Gasteiger partial charge in [-0.05, 0) is 47.9 Å². The molecule has 0 bridgehead atoms. The van der Waals surface area contributed by atoms with Crippen molar-refractivity contribution >= 4 is 29.1 Å². The largest absolute Gasteiger partial charge is 0.484 e. The van der Waals surface area contributed by atoms with Gasteiger partial charge in [-0.2, -0.15) is 0 Å². The Morgan fingerprint density at radius 1 is 1.20 bits per heavy atom. The van der Waals surface area contributed by atoms with Crippen LogP contribution in [0.15, 0.2) is 42.5 Å². The van der Waals surface area contributed by atoms with Crippen LogP contribution in [0.25, 0.3) is 0 Å². The molecule has 1 N–H and O–H groups in total. The second-order valence-corrected chi connectivity index (χ2v) is 6.40. The summed E-state index contributed by atoms with van der Waals surface area (Å²) in [6, 6.07) is 12.7. The zero-order valence-electron chi connectivity index (χ0n) is 13.9. The Kier molecular flexibility index (Phi) is 5.24. The Labute approximate surface area is 151 Å². The molecule has 0 radical (unpaired) electrons. The van der Waals surface area contributed by atoms with Crippen LogP contribution < -0.4 is 10.1 Å². The van der Waals surface area contributed by atoms with Crippen molar-refractivity contribution in [3.63, 3.8) is 0 Å². The highest BCUT2D eigenvalue weighted by Crippen LogP contribution is 2.23. The molecule has 1 aliphatic rings. The van der Waals surface area contributed by atoms with Crippen LogP contribution in [0.4, 0.5) is 5.69 Å². The standard InChI is InChI=1S/C19H19ClN2O3/c1-13(23)22-8-7-14-5-6-17(9-15(14)11-22)21-19(24)12-25-18-4-2-3-16(20)10-18/h2-6,9-10H,7-8,11-12H2,1H3,(H,21,24). The van der Waals surface area contributed by atoms with E-state index in [-0.39, 0.29) is 18.4 Å². The van der Waals surface area contributed by atoms with Crippen LogP contribution in [0.3, 0.4) is 0 Å². The topological polar surface area (TPSA) is 58.6 Å². The van der Waals surface area contributed by atoms with Crippen molar-refractivity contribution in [3.05, 3.63) is 58.6 Å². The quantitative estimate of drug-likeness (QED) is 0.912. The predicted molar refractivity (Wildman–Crippen MR) is 96.8 cm³/mol. The third-order valence-corrected chi connectivity index (χ3v) is 4.35. The molecule has 0 saturated heterocycles. The molecule has 130 valence electrons. The number of rotatable bonds is 4. The molecule has 6 heteroatoms. The van der Waals surface area contributed by atoms with Crippen molar-refractivity contribution in [1.29, 1.82) is 0 Å². The molecular weight excluding hydrogens is 340 g/mol. The van der Waals surface area contributed by atoms with Crippen LogP contribution in [0.5, 0.6) is 5.75 Å². The zero-order chi connectivity index (χ0) is 17.8. The number of anilines is 1. The van der Waals surface area contributed by atoms with Crippen molar-refractivity contribution in [2.24, 2.45) is 0 Å². The Morgan fingerprint density at radius 3 is 2.80 bits per heavy atom. The summed E-state index contributed by atoms with van der Waals surface area (Å²) in [6.45, 7) is 2.79. The second kappa shape index (κ2) is 7.57. The molecule has 0 unspecified atom stereocenters. The molecule has 2 amide bonds. The van der Waals surface area contributed by atoms with Crippen molar-refractivity contribution < 1.29 is 14.3 Å². The maximum atomic E-state index is 12.1. The van der Waals surface area contributed by atoms with E-state index >= 15 is 0 Å². The number of hydrogen-bond donors (Lipinski definition) is 1. The molecule has 25 heavy (non-hydrogen) atoms. The number of nitrogens with one attached hydrogen (secondary N) is 1. The first-order chi connectivity index (χ1) is 12.0. The molecule has 0 aliphatic carbocycles. The average Bonchev–Trinajstić information content (AvgIpc) is 2.59. The summed E-state index contributed by atoms with van der Waals surface area (Å²) in [6.07, 6.45) is 0.834. The van der Waals surface area contributed by atoms with E-state index in [1.165, 1.54) is 5.56 Å². The highest BCUT2D eigenvalue weighted by molar-refractivity contribution is 6.30. The Hall–Kier alpha value is -2.53. The van der Waals surface area contributed by atoms with Gasteiger partial charge in [-0.15, -0.1) is 0 Å². The number of carbonyl (C=O) groups is 2. The van der Waals surface area contributed by atoms with E-state index in [1.807, 2.05) is 18.2 Å². The molecule has 2 aromatic carbocycles. The summed E-state index contributed by atoms with van der Waals surface area (Å²) >= 11 is 5.88. The monoisotopic (exact) mass is 358 g/mol. The van der Waals surface area contributed by atoms with Crippen LogP contribution in [0.2, 0.25) is 5.02 Å². The zero-order valence-corrected chi connectivity index (χ0v) is 14.7. The van der Waals surface area contributed by atoms with Gasteiger partial charge in [0.05, 0.1) is 0 Å². The maximum absolute atomic E-state index is 12.1. The van der Waals surface area contributed by atoms with E-state index < -0.39 is 0 Å². The van der Waals surface area contributed by atoms with Gasteiger partial charge in [-0.1, -0.05) is 23.7 Å². The van der Waals surface area contributed by atoms with Crippen molar-refractivity contribution in [3.8, 4) is 5.75 Å². The fourth-order valence-corrected chi connectivity index (χ4v) is 2.99. The molecule has 5 nitrogen and oxygen atoms in total. The van der Waals surface area contributed by atoms with E-state index in [0.29, 0.717) is 23.0 Å². The summed E-state index contributed by atoms with van der Waals surface area (Å²) < 4.78 is 5.43. The van der Waals surface area contributed by atoms with Gasteiger partial charge in [-0.25, -0.2) is 0 Å². The Balaban J connectivity index is 1.60. The number of nitrogens with zero attached hydrogens (tertiary/aromatic N) is 1. The molecule has 3 rings (SSSR count). The fourth-order valence-electron chi connectivity index (χ4n) is 2.81. The van der Waals surface area contributed by atoms with Crippen molar-refractivity contribution in [2.45, 2.75) is 19.9 Å². The first-order valence-electron chi connectivity index (χ1n) is 8.07. The number of amides is 2. The van der Waals surface area contributed by atoms with Gasteiger partial charge in [0, 0.05) is 30.7 Å². The van der Waals surface area contributed by atoms with E-state index in [4.69, 9.17) is 16.3 Å². The molecule has 0 saturated carbocycles. The molecular formula is C19H19ClN2O3. The number of fused-ring (bicyclic) bond motifs is 1. The van der Waals surface area contributed by atoms with Crippen LogP contribution in [0, 0.1) is 0 Å². The lowest BCUT2D eigenvalue weighted by atomic mass is 9.99. The highest BCUT2D eigenvalue weighted by atomic mass is 35.5. The number of hydrogen-bond acceptors (Lipinski definition) is 3. The predicted octanol–water partition coefficient (Wildman–Crippen LogP) is 3.26. The van der Waals surface area contributed by atoms with Gasteiger partial charge in [0.1, 0.15) is 5.75 Å². The smallest absolute Gasteiger partial charge is 0.262 e. The Bertz CT molecular complexity index is 807. The van der Waals surface area contributed by atoms with Gasteiger partial charge >= 0.3 is 0 Å². The molecule has 0 atom stereocenters. The lowest BCUT2D eigenvalue weighted by molar-refractivity contribution is -0.129. The number of ether oxygens (including phenoxy) is 1. The number of carbonyl (C=O) groups excluding carboxylic acids is 2. The second-order valence-electron chi connectivity index (χ2n) is 5.97. The molecule has 1 aliphatic heterocycles. The van der Waals surface area contributed by atoms with Crippen LogP contribution >= 0.6 is 11.6 Å².